The molecule has 0 saturated carbocycles. The molecule has 0 aliphatic heterocycles. The van der Waals surface area contributed by atoms with Crippen molar-refractivity contribution in [2.24, 2.45) is 0 Å². The summed E-state index contributed by atoms with van der Waals surface area (Å²) < 4.78 is 0. The molecule has 0 aliphatic carbocycles. The van der Waals surface area contributed by atoms with Gasteiger partial charge in [-0.3, -0.25) is 4.79 Å². The Bertz CT molecular complexity index is 622. The molecular weight excluding hydrogens is 232 g/mol. The largest absolute Gasteiger partial charge is 0.298 e. The van der Waals surface area contributed by atoms with Gasteiger partial charge < -0.3 is 0 Å². The van der Waals surface area contributed by atoms with Crippen molar-refractivity contribution in [3.05, 3.63) is 57.6 Å². The van der Waals surface area contributed by atoms with Gasteiger partial charge in [-0.05, 0) is 79.6 Å². The summed E-state index contributed by atoms with van der Waals surface area (Å²) in [5, 5.41) is 0. The third-order valence-corrected chi connectivity index (χ3v) is 4.31. The smallest absolute Gasteiger partial charge is 0.150 e. The van der Waals surface area contributed by atoms with Crippen LogP contribution in [-0.2, 0) is 0 Å². The first kappa shape index (κ1) is 13.5. The second-order valence-corrected chi connectivity index (χ2v) is 5.24. The Kier molecular flexibility index (Phi) is 3.57. The monoisotopic (exact) mass is 252 g/mol. The van der Waals surface area contributed by atoms with E-state index in [0.29, 0.717) is 0 Å². The molecule has 0 heterocycles. The number of benzene rings is 2. The van der Waals surface area contributed by atoms with Crippen molar-refractivity contribution in [3.63, 3.8) is 0 Å². The lowest BCUT2D eigenvalue weighted by Crippen LogP contribution is -1.99. The molecule has 0 saturated heterocycles. The van der Waals surface area contributed by atoms with Gasteiger partial charge >= 0.3 is 0 Å². The van der Waals surface area contributed by atoms with Crippen molar-refractivity contribution >= 4 is 6.29 Å². The topological polar surface area (TPSA) is 17.1 Å². The molecule has 0 unspecified atom stereocenters. The predicted molar refractivity (Wildman–Crippen MR) is 81.0 cm³/mol. The highest BCUT2D eigenvalue weighted by Gasteiger charge is 2.13. The van der Waals surface area contributed by atoms with Gasteiger partial charge in [0.25, 0.3) is 0 Å². The van der Waals surface area contributed by atoms with Crippen LogP contribution in [-0.4, -0.2) is 6.29 Å². The Morgan fingerprint density at radius 1 is 0.789 bits per heavy atom. The minimum atomic E-state index is 0.729. The van der Waals surface area contributed by atoms with E-state index in [9.17, 15) is 4.79 Å². The van der Waals surface area contributed by atoms with Crippen LogP contribution >= 0.6 is 0 Å². The average molecular weight is 252 g/mol. The number of carbonyl (C=O) groups excluding carboxylic acids is 1. The van der Waals surface area contributed by atoms with Gasteiger partial charge in [0.15, 0.2) is 0 Å². The molecule has 0 fully saturated rings. The molecular formula is C18H20O. The first-order valence-corrected chi connectivity index (χ1v) is 6.60. The zero-order valence-electron chi connectivity index (χ0n) is 12.3. The number of rotatable bonds is 2. The molecule has 2 aromatic carbocycles. The highest BCUT2D eigenvalue weighted by atomic mass is 16.1. The average Bonchev–Trinajstić information content (AvgIpc) is 2.43. The maximum atomic E-state index is 10.9. The van der Waals surface area contributed by atoms with E-state index in [1.807, 2.05) is 18.2 Å². The molecule has 0 radical (unpaired) electrons. The molecule has 0 N–H and O–H groups in total. The van der Waals surface area contributed by atoms with Crippen LogP contribution in [0.1, 0.15) is 38.2 Å². The highest BCUT2D eigenvalue weighted by molar-refractivity contribution is 5.81. The fraction of sp³-hybridized carbons (Fsp3) is 0.278. The van der Waals surface area contributed by atoms with Crippen LogP contribution in [0.5, 0.6) is 0 Å². The number of hydrogen-bond donors (Lipinski definition) is 0. The van der Waals surface area contributed by atoms with Gasteiger partial charge in [-0.25, -0.2) is 0 Å². The van der Waals surface area contributed by atoms with Crippen molar-refractivity contribution in [3.8, 4) is 11.1 Å². The second-order valence-electron chi connectivity index (χ2n) is 5.24. The molecule has 0 aromatic heterocycles. The van der Waals surface area contributed by atoms with Crippen LogP contribution in [0.2, 0.25) is 0 Å². The molecule has 0 atom stereocenters. The Labute approximate surface area is 115 Å². The van der Waals surface area contributed by atoms with Crippen molar-refractivity contribution in [1.29, 1.82) is 0 Å². The summed E-state index contributed by atoms with van der Waals surface area (Å²) in [5.41, 5.74) is 9.80. The summed E-state index contributed by atoms with van der Waals surface area (Å²) in [5.74, 6) is 0. The maximum absolute atomic E-state index is 10.9. The lowest BCUT2D eigenvalue weighted by Gasteiger charge is -2.19. The fourth-order valence-corrected chi connectivity index (χ4v) is 2.70. The summed E-state index contributed by atoms with van der Waals surface area (Å²) in [6, 6.07) is 7.84. The highest BCUT2D eigenvalue weighted by Crippen LogP contribution is 2.34. The zero-order valence-corrected chi connectivity index (χ0v) is 12.3. The molecule has 0 amide bonds. The number of hydrogen-bond acceptors (Lipinski definition) is 1. The number of carbonyl (C=O) groups is 1. The standard InChI is InChI=1S/C18H20O/c1-11-12(2)14(4)18(15(5)13(11)3)17-8-6-7-16(9-17)10-19/h6-10H,1-5H3. The minimum absolute atomic E-state index is 0.729. The summed E-state index contributed by atoms with van der Waals surface area (Å²) in [7, 11) is 0. The SMILES string of the molecule is Cc1c(C)c(C)c(-c2cccc(C=O)c2)c(C)c1C. The van der Waals surface area contributed by atoms with E-state index >= 15 is 0 Å². The van der Waals surface area contributed by atoms with E-state index in [-0.39, 0.29) is 0 Å². The van der Waals surface area contributed by atoms with Gasteiger partial charge in [-0.2, -0.15) is 0 Å². The van der Waals surface area contributed by atoms with Crippen LogP contribution in [0.3, 0.4) is 0 Å². The van der Waals surface area contributed by atoms with Gasteiger partial charge in [-0.15, -0.1) is 0 Å². The van der Waals surface area contributed by atoms with E-state index in [0.717, 1.165) is 17.4 Å². The lowest BCUT2D eigenvalue weighted by atomic mass is 9.86. The van der Waals surface area contributed by atoms with Crippen molar-refractivity contribution in [1.82, 2.24) is 0 Å². The van der Waals surface area contributed by atoms with Crippen molar-refractivity contribution < 1.29 is 4.79 Å². The van der Waals surface area contributed by atoms with Gasteiger partial charge in [-0.1, -0.05) is 18.2 Å². The van der Waals surface area contributed by atoms with Gasteiger partial charge in [0.2, 0.25) is 0 Å². The molecule has 1 nitrogen and oxygen atoms in total. The number of aldehydes is 1. The van der Waals surface area contributed by atoms with Crippen molar-refractivity contribution in [2.45, 2.75) is 34.6 Å². The van der Waals surface area contributed by atoms with Crippen LogP contribution < -0.4 is 0 Å². The van der Waals surface area contributed by atoms with E-state index in [1.54, 1.807) is 0 Å². The molecule has 1 heteroatoms. The van der Waals surface area contributed by atoms with E-state index in [4.69, 9.17) is 0 Å². The molecule has 19 heavy (non-hydrogen) atoms. The maximum Gasteiger partial charge on any atom is 0.150 e. The quantitative estimate of drug-likeness (QED) is 0.707. The summed E-state index contributed by atoms with van der Waals surface area (Å²) in [6.07, 6.45) is 0.905. The van der Waals surface area contributed by atoms with Gasteiger partial charge in [0.05, 0.1) is 0 Å². The van der Waals surface area contributed by atoms with Crippen molar-refractivity contribution in [2.75, 3.05) is 0 Å². The Morgan fingerprint density at radius 3 is 1.84 bits per heavy atom. The van der Waals surface area contributed by atoms with E-state index in [2.05, 4.69) is 40.7 Å². The fourth-order valence-electron chi connectivity index (χ4n) is 2.70. The molecule has 2 aromatic rings. The van der Waals surface area contributed by atoms with Crippen LogP contribution in [0.15, 0.2) is 24.3 Å². The third kappa shape index (κ3) is 2.21. The zero-order chi connectivity index (χ0) is 14.2. The third-order valence-electron chi connectivity index (χ3n) is 4.31. The van der Waals surface area contributed by atoms with Crippen LogP contribution in [0, 0.1) is 34.6 Å². The summed E-state index contributed by atoms with van der Waals surface area (Å²) >= 11 is 0. The normalized spacial score (nSPS) is 10.6. The lowest BCUT2D eigenvalue weighted by molar-refractivity contribution is 0.112. The minimum Gasteiger partial charge on any atom is -0.298 e. The molecule has 0 aliphatic rings. The molecule has 0 bridgehead atoms. The van der Waals surface area contributed by atoms with Gasteiger partial charge in [0.1, 0.15) is 6.29 Å². The Hall–Kier alpha value is -1.89. The molecule has 0 spiro atoms. The first-order chi connectivity index (χ1) is 8.97. The molecule has 98 valence electrons. The summed E-state index contributed by atoms with van der Waals surface area (Å²) in [6.45, 7) is 10.8. The van der Waals surface area contributed by atoms with Crippen LogP contribution in [0.4, 0.5) is 0 Å². The van der Waals surface area contributed by atoms with Crippen LogP contribution in [0.25, 0.3) is 11.1 Å². The second kappa shape index (κ2) is 5.00. The Morgan fingerprint density at radius 2 is 1.32 bits per heavy atom. The van der Waals surface area contributed by atoms with E-state index in [1.165, 1.54) is 33.4 Å². The van der Waals surface area contributed by atoms with E-state index < -0.39 is 0 Å². The Balaban J connectivity index is 2.78. The predicted octanol–water partition coefficient (Wildman–Crippen LogP) is 4.71. The molecule has 2 rings (SSSR count). The first-order valence-electron chi connectivity index (χ1n) is 6.60. The van der Waals surface area contributed by atoms with Gasteiger partial charge in [0, 0.05) is 5.56 Å². The summed E-state index contributed by atoms with van der Waals surface area (Å²) in [4.78, 5) is 10.9.